The van der Waals surface area contributed by atoms with Crippen molar-refractivity contribution in [2.45, 2.75) is 13.5 Å². The second-order valence-electron chi connectivity index (χ2n) is 4.30. The summed E-state index contributed by atoms with van der Waals surface area (Å²) < 4.78 is 15.0. The number of hydrogen-bond acceptors (Lipinski definition) is 3. The van der Waals surface area contributed by atoms with Crippen LogP contribution in [-0.2, 0) is 13.6 Å². The molecular formula is C13H15FN4O. The van der Waals surface area contributed by atoms with Crippen LogP contribution in [0.2, 0.25) is 0 Å². The average molecular weight is 262 g/mol. The Kier molecular flexibility index (Phi) is 3.50. The minimum atomic E-state index is -0.592. The summed E-state index contributed by atoms with van der Waals surface area (Å²) in [6, 6.07) is 3.99. The number of aryl methyl sites for hydroxylation is 1. The van der Waals surface area contributed by atoms with Crippen LogP contribution in [0.1, 0.15) is 21.6 Å². The normalized spacial score (nSPS) is 10.5. The highest BCUT2D eigenvalue weighted by Crippen LogP contribution is 2.12. The van der Waals surface area contributed by atoms with Gasteiger partial charge in [-0.05, 0) is 25.1 Å². The molecule has 100 valence electrons. The Morgan fingerprint density at radius 3 is 2.84 bits per heavy atom. The van der Waals surface area contributed by atoms with Crippen LogP contribution in [0.15, 0.2) is 24.4 Å². The van der Waals surface area contributed by atoms with Gasteiger partial charge in [-0.3, -0.25) is 9.48 Å². The summed E-state index contributed by atoms with van der Waals surface area (Å²) in [6.07, 6.45) is 1.69. The molecule has 2 aromatic rings. The number of nitrogens with two attached hydrogens (primary N) is 1. The topological polar surface area (TPSA) is 72.9 Å². The van der Waals surface area contributed by atoms with Gasteiger partial charge in [0.25, 0.3) is 5.91 Å². The van der Waals surface area contributed by atoms with Crippen molar-refractivity contribution in [1.29, 1.82) is 0 Å². The van der Waals surface area contributed by atoms with Gasteiger partial charge < -0.3 is 11.1 Å². The van der Waals surface area contributed by atoms with Gasteiger partial charge in [-0.1, -0.05) is 0 Å². The molecule has 0 aliphatic heterocycles. The first-order valence-corrected chi connectivity index (χ1v) is 5.79. The van der Waals surface area contributed by atoms with E-state index in [1.165, 1.54) is 12.1 Å². The maximum atomic E-state index is 13.3. The van der Waals surface area contributed by atoms with Crippen molar-refractivity contribution >= 4 is 11.6 Å². The molecule has 3 N–H and O–H groups in total. The van der Waals surface area contributed by atoms with Crippen molar-refractivity contribution in [1.82, 2.24) is 15.1 Å². The van der Waals surface area contributed by atoms with Gasteiger partial charge in [0.15, 0.2) is 0 Å². The predicted octanol–water partition coefficient (Wildman–Crippen LogP) is 1.38. The SMILES string of the molecule is Cc1c(CNC(=O)c2ccc(N)c(F)c2)cnn1C. The molecule has 0 saturated carbocycles. The fourth-order valence-electron chi connectivity index (χ4n) is 1.66. The van der Waals surface area contributed by atoms with E-state index < -0.39 is 5.82 Å². The molecule has 0 atom stereocenters. The Balaban J connectivity index is 2.05. The van der Waals surface area contributed by atoms with Crippen molar-refractivity contribution in [3.8, 4) is 0 Å². The maximum absolute atomic E-state index is 13.3. The van der Waals surface area contributed by atoms with E-state index in [-0.39, 0.29) is 17.2 Å². The zero-order valence-corrected chi connectivity index (χ0v) is 10.8. The van der Waals surface area contributed by atoms with Crippen LogP contribution < -0.4 is 11.1 Å². The van der Waals surface area contributed by atoms with E-state index in [4.69, 9.17) is 5.73 Å². The number of carbonyl (C=O) groups is 1. The number of nitrogens with one attached hydrogen (secondary N) is 1. The molecule has 0 saturated heterocycles. The van der Waals surface area contributed by atoms with E-state index >= 15 is 0 Å². The Morgan fingerprint density at radius 1 is 1.53 bits per heavy atom. The van der Waals surface area contributed by atoms with Gasteiger partial charge >= 0.3 is 0 Å². The number of rotatable bonds is 3. The molecule has 19 heavy (non-hydrogen) atoms. The van der Waals surface area contributed by atoms with Gasteiger partial charge in [0.05, 0.1) is 11.9 Å². The van der Waals surface area contributed by atoms with Gasteiger partial charge in [0, 0.05) is 30.4 Å². The van der Waals surface area contributed by atoms with Gasteiger partial charge in [-0.25, -0.2) is 4.39 Å². The third kappa shape index (κ3) is 2.73. The number of benzene rings is 1. The summed E-state index contributed by atoms with van der Waals surface area (Å²) in [4.78, 5) is 11.9. The van der Waals surface area contributed by atoms with Gasteiger partial charge in [-0.15, -0.1) is 0 Å². The van der Waals surface area contributed by atoms with Gasteiger partial charge in [-0.2, -0.15) is 5.10 Å². The fourth-order valence-corrected chi connectivity index (χ4v) is 1.66. The number of amides is 1. The van der Waals surface area contributed by atoms with E-state index in [1.807, 2.05) is 14.0 Å². The zero-order valence-electron chi connectivity index (χ0n) is 10.8. The molecule has 0 radical (unpaired) electrons. The van der Waals surface area contributed by atoms with Crippen molar-refractivity contribution in [2.75, 3.05) is 5.73 Å². The lowest BCUT2D eigenvalue weighted by molar-refractivity contribution is 0.0950. The predicted molar refractivity (Wildman–Crippen MR) is 69.9 cm³/mol. The Labute approximate surface area is 110 Å². The largest absolute Gasteiger partial charge is 0.396 e. The molecule has 0 spiro atoms. The first-order chi connectivity index (χ1) is 8.99. The highest BCUT2D eigenvalue weighted by atomic mass is 19.1. The Hall–Kier alpha value is -2.37. The minimum absolute atomic E-state index is 0.0275. The number of nitrogens with zero attached hydrogens (tertiary/aromatic N) is 2. The molecule has 0 aliphatic carbocycles. The van der Waals surface area contributed by atoms with E-state index in [9.17, 15) is 9.18 Å². The molecule has 2 rings (SSSR count). The molecule has 1 heterocycles. The second kappa shape index (κ2) is 5.09. The first kappa shape index (κ1) is 13.1. The summed E-state index contributed by atoms with van der Waals surface area (Å²) in [7, 11) is 1.83. The van der Waals surface area contributed by atoms with Crippen molar-refractivity contribution < 1.29 is 9.18 Å². The smallest absolute Gasteiger partial charge is 0.251 e. The molecule has 6 heteroatoms. The van der Waals surface area contributed by atoms with Crippen molar-refractivity contribution in [2.24, 2.45) is 7.05 Å². The van der Waals surface area contributed by atoms with Crippen LogP contribution in [0.4, 0.5) is 10.1 Å². The lowest BCUT2D eigenvalue weighted by Crippen LogP contribution is -2.23. The van der Waals surface area contributed by atoms with E-state index in [1.54, 1.807) is 10.9 Å². The summed E-state index contributed by atoms with van der Waals surface area (Å²) in [5.74, 6) is -0.938. The first-order valence-electron chi connectivity index (χ1n) is 5.79. The van der Waals surface area contributed by atoms with Crippen LogP contribution in [0.3, 0.4) is 0 Å². The zero-order chi connectivity index (χ0) is 14.0. The minimum Gasteiger partial charge on any atom is -0.396 e. The number of carbonyl (C=O) groups excluding carboxylic acids is 1. The monoisotopic (exact) mass is 262 g/mol. The fraction of sp³-hybridized carbons (Fsp3) is 0.231. The van der Waals surface area contributed by atoms with Crippen LogP contribution in [0.5, 0.6) is 0 Å². The second-order valence-corrected chi connectivity index (χ2v) is 4.30. The molecule has 1 aromatic heterocycles. The van der Waals surface area contributed by atoms with E-state index in [0.29, 0.717) is 6.54 Å². The molecule has 0 bridgehead atoms. The summed E-state index contributed by atoms with van der Waals surface area (Å²) in [6.45, 7) is 2.27. The quantitative estimate of drug-likeness (QED) is 0.821. The number of halogens is 1. The van der Waals surface area contributed by atoms with Crippen molar-refractivity contribution in [3.05, 3.63) is 47.0 Å². The van der Waals surface area contributed by atoms with Gasteiger partial charge in [0.1, 0.15) is 5.82 Å². The lowest BCUT2D eigenvalue weighted by Gasteiger charge is -2.06. The molecular weight excluding hydrogens is 247 g/mol. The maximum Gasteiger partial charge on any atom is 0.251 e. The lowest BCUT2D eigenvalue weighted by atomic mass is 10.2. The van der Waals surface area contributed by atoms with E-state index in [0.717, 1.165) is 17.3 Å². The van der Waals surface area contributed by atoms with Gasteiger partial charge in [0.2, 0.25) is 0 Å². The highest BCUT2D eigenvalue weighted by molar-refractivity contribution is 5.94. The summed E-state index contributed by atoms with van der Waals surface area (Å²) in [5, 5.41) is 6.80. The number of aromatic nitrogens is 2. The highest BCUT2D eigenvalue weighted by Gasteiger charge is 2.10. The Morgan fingerprint density at radius 2 is 2.26 bits per heavy atom. The third-order valence-corrected chi connectivity index (χ3v) is 3.04. The standard InChI is InChI=1S/C13H15FN4O/c1-8-10(7-17-18(8)2)6-16-13(19)9-3-4-12(15)11(14)5-9/h3-5,7H,6,15H2,1-2H3,(H,16,19). The molecule has 0 fully saturated rings. The molecule has 1 amide bonds. The molecule has 0 aliphatic rings. The van der Waals surface area contributed by atoms with Crippen LogP contribution in [0, 0.1) is 12.7 Å². The van der Waals surface area contributed by atoms with Crippen LogP contribution in [-0.4, -0.2) is 15.7 Å². The number of nitrogen functional groups attached to an aromatic ring is 1. The van der Waals surface area contributed by atoms with E-state index in [2.05, 4.69) is 10.4 Å². The van der Waals surface area contributed by atoms with Crippen molar-refractivity contribution in [3.63, 3.8) is 0 Å². The number of hydrogen-bond donors (Lipinski definition) is 2. The molecule has 5 nitrogen and oxygen atoms in total. The third-order valence-electron chi connectivity index (χ3n) is 3.04. The summed E-state index contributed by atoms with van der Waals surface area (Å²) in [5.41, 5.74) is 7.53. The van der Waals surface area contributed by atoms with Crippen LogP contribution >= 0.6 is 0 Å². The average Bonchev–Trinajstić information content (AvgIpc) is 2.70. The number of anilines is 1. The molecule has 0 unspecified atom stereocenters. The summed E-state index contributed by atoms with van der Waals surface area (Å²) >= 11 is 0. The van der Waals surface area contributed by atoms with Crippen LogP contribution in [0.25, 0.3) is 0 Å². The molecule has 1 aromatic carbocycles. The Bertz CT molecular complexity index is 621.